The SMILES string of the molecule is Cc1nc(NC(=O)c2ccc(C(=O)O)cc2N)sc1N=O. The number of nitrogens with one attached hydrogen (secondary N) is 1. The third kappa shape index (κ3) is 3.03. The lowest BCUT2D eigenvalue weighted by atomic mass is 10.1. The van der Waals surface area contributed by atoms with Crippen LogP contribution >= 0.6 is 11.3 Å². The highest BCUT2D eigenvalue weighted by Crippen LogP contribution is 2.30. The van der Waals surface area contributed by atoms with Crippen molar-refractivity contribution in [3.05, 3.63) is 39.9 Å². The molecule has 108 valence electrons. The predicted octanol–water partition coefficient (Wildman–Crippen LogP) is 2.38. The molecule has 0 aliphatic heterocycles. The lowest BCUT2D eigenvalue weighted by Crippen LogP contribution is -2.14. The second kappa shape index (κ2) is 5.67. The van der Waals surface area contributed by atoms with Gasteiger partial charge in [-0.2, -0.15) is 0 Å². The van der Waals surface area contributed by atoms with E-state index in [4.69, 9.17) is 10.8 Å². The van der Waals surface area contributed by atoms with Crippen molar-refractivity contribution in [2.45, 2.75) is 6.92 Å². The van der Waals surface area contributed by atoms with E-state index in [2.05, 4.69) is 15.5 Å². The second-order valence-corrected chi connectivity index (χ2v) is 5.04. The van der Waals surface area contributed by atoms with Gasteiger partial charge in [-0.1, -0.05) is 11.3 Å². The lowest BCUT2D eigenvalue weighted by Gasteiger charge is -2.06. The highest BCUT2D eigenvalue weighted by molar-refractivity contribution is 7.19. The molecule has 8 nitrogen and oxygen atoms in total. The Labute approximate surface area is 122 Å². The predicted molar refractivity (Wildman–Crippen MR) is 78.1 cm³/mol. The lowest BCUT2D eigenvalue weighted by molar-refractivity contribution is 0.0696. The first-order valence-corrected chi connectivity index (χ1v) is 6.49. The van der Waals surface area contributed by atoms with Gasteiger partial charge in [0.15, 0.2) is 10.1 Å². The van der Waals surface area contributed by atoms with Crippen LogP contribution in [0.1, 0.15) is 26.4 Å². The molecule has 0 bridgehead atoms. The van der Waals surface area contributed by atoms with Crippen LogP contribution in [0.5, 0.6) is 0 Å². The van der Waals surface area contributed by atoms with Crippen LogP contribution < -0.4 is 11.1 Å². The van der Waals surface area contributed by atoms with E-state index < -0.39 is 11.9 Å². The number of benzene rings is 1. The van der Waals surface area contributed by atoms with Crippen molar-refractivity contribution in [3.8, 4) is 0 Å². The van der Waals surface area contributed by atoms with Crippen molar-refractivity contribution in [1.82, 2.24) is 4.98 Å². The van der Waals surface area contributed by atoms with E-state index >= 15 is 0 Å². The van der Waals surface area contributed by atoms with E-state index in [0.717, 1.165) is 11.3 Å². The fourth-order valence-corrected chi connectivity index (χ4v) is 2.33. The van der Waals surface area contributed by atoms with Gasteiger partial charge in [-0.25, -0.2) is 9.78 Å². The van der Waals surface area contributed by atoms with Gasteiger partial charge >= 0.3 is 5.97 Å². The Morgan fingerprint density at radius 1 is 1.43 bits per heavy atom. The number of nitrogens with two attached hydrogens (primary N) is 1. The Kier molecular flexibility index (Phi) is 3.94. The zero-order valence-corrected chi connectivity index (χ0v) is 11.6. The van der Waals surface area contributed by atoms with Crippen molar-refractivity contribution in [2.75, 3.05) is 11.1 Å². The first-order chi connectivity index (χ1) is 9.92. The summed E-state index contributed by atoms with van der Waals surface area (Å²) in [5.74, 6) is -1.68. The van der Waals surface area contributed by atoms with Crippen molar-refractivity contribution >= 4 is 39.0 Å². The van der Waals surface area contributed by atoms with Gasteiger partial charge in [0, 0.05) is 5.69 Å². The van der Waals surface area contributed by atoms with E-state index in [0.29, 0.717) is 5.69 Å². The van der Waals surface area contributed by atoms with Crippen molar-refractivity contribution < 1.29 is 14.7 Å². The maximum Gasteiger partial charge on any atom is 0.335 e. The number of aryl methyl sites for hydroxylation is 1. The third-order valence-corrected chi connectivity index (χ3v) is 3.57. The molecule has 1 aromatic heterocycles. The molecule has 0 aliphatic rings. The molecule has 0 saturated heterocycles. The fraction of sp³-hybridized carbons (Fsp3) is 0.0833. The molecule has 21 heavy (non-hydrogen) atoms. The molecule has 0 saturated carbocycles. The number of carboxylic acids is 1. The van der Waals surface area contributed by atoms with Crippen LogP contribution in [-0.4, -0.2) is 22.0 Å². The van der Waals surface area contributed by atoms with E-state index in [1.54, 1.807) is 6.92 Å². The van der Waals surface area contributed by atoms with Gasteiger partial charge in [-0.15, -0.1) is 4.91 Å². The first-order valence-electron chi connectivity index (χ1n) is 5.67. The summed E-state index contributed by atoms with van der Waals surface area (Å²) in [5, 5.41) is 14.5. The van der Waals surface area contributed by atoms with Gasteiger partial charge in [0.1, 0.15) is 0 Å². The summed E-state index contributed by atoms with van der Waals surface area (Å²) < 4.78 is 0. The maximum atomic E-state index is 12.0. The molecule has 1 aromatic carbocycles. The summed E-state index contributed by atoms with van der Waals surface area (Å²) in [6, 6.07) is 3.79. The molecule has 2 rings (SSSR count). The van der Waals surface area contributed by atoms with E-state index in [1.165, 1.54) is 18.2 Å². The molecule has 0 fully saturated rings. The zero-order chi connectivity index (χ0) is 15.6. The smallest absolute Gasteiger partial charge is 0.335 e. The quantitative estimate of drug-likeness (QED) is 0.586. The number of hydrogen-bond donors (Lipinski definition) is 3. The molecule has 0 radical (unpaired) electrons. The first kappa shape index (κ1) is 14.6. The Morgan fingerprint density at radius 2 is 2.14 bits per heavy atom. The van der Waals surface area contributed by atoms with Crippen LogP contribution in [0.25, 0.3) is 0 Å². The highest BCUT2D eigenvalue weighted by atomic mass is 32.1. The number of aromatic carboxylic acids is 1. The Hall–Kier alpha value is -2.81. The number of hydrogen-bond acceptors (Lipinski definition) is 7. The molecule has 0 aliphatic carbocycles. The normalized spacial score (nSPS) is 10.1. The molecule has 0 spiro atoms. The number of amides is 1. The topological polar surface area (TPSA) is 135 Å². The second-order valence-electron chi connectivity index (χ2n) is 4.06. The summed E-state index contributed by atoms with van der Waals surface area (Å²) in [6.45, 7) is 1.60. The minimum absolute atomic E-state index is 0.0124. The van der Waals surface area contributed by atoms with Crippen LogP contribution in [0.15, 0.2) is 23.4 Å². The Bertz CT molecular complexity index is 741. The van der Waals surface area contributed by atoms with Gasteiger partial charge in [0.2, 0.25) is 0 Å². The number of nitrogen functional groups attached to an aromatic ring is 1. The minimum atomic E-state index is -1.13. The van der Waals surface area contributed by atoms with Crippen molar-refractivity contribution in [2.24, 2.45) is 5.18 Å². The third-order valence-electron chi connectivity index (χ3n) is 2.62. The summed E-state index contributed by atoms with van der Waals surface area (Å²) >= 11 is 0.939. The van der Waals surface area contributed by atoms with Crippen LogP contribution in [-0.2, 0) is 0 Å². The zero-order valence-electron chi connectivity index (χ0n) is 10.8. The van der Waals surface area contributed by atoms with Gasteiger partial charge in [-0.05, 0) is 30.3 Å². The van der Waals surface area contributed by atoms with Crippen LogP contribution in [0.4, 0.5) is 15.8 Å². The molecule has 0 atom stereocenters. The number of carbonyl (C=O) groups excluding carboxylic acids is 1. The number of anilines is 2. The number of rotatable bonds is 4. The molecular formula is C12H10N4O4S. The van der Waals surface area contributed by atoms with Gasteiger partial charge in [0.05, 0.1) is 16.8 Å². The molecular weight excluding hydrogens is 296 g/mol. The number of nitrogens with zero attached hydrogens (tertiary/aromatic N) is 2. The average molecular weight is 306 g/mol. The number of aromatic nitrogens is 1. The summed E-state index contributed by atoms with van der Waals surface area (Å²) in [7, 11) is 0. The van der Waals surface area contributed by atoms with E-state index in [9.17, 15) is 14.5 Å². The number of carbonyl (C=O) groups is 2. The Balaban J connectivity index is 2.23. The molecule has 0 unspecified atom stereocenters. The standard InChI is InChI=1S/C12H10N4O4S/c1-5-10(16-20)21-12(14-5)15-9(17)7-3-2-6(11(18)19)4-8(7)13/h2-4H,13H2,1H3,(H,18,19)(H,14,15,17). The van der Waals surface area contributed by atoms with E-state index in [1.807, 2.05) is 0 Å². The van der Waals surface area contributed by atoms with Crippen LogP contribution in [0.2, 0.25) is 0 Å². The van der Waals surface area contributed by atoms with Crippen molar-refractivity contribution in [3.63, 3.8) is 0 Å². The van der Waals surface area contributed by atoms with Crippen LogP contribution in [0.3, 0.4) is 0 Å². The summed E-state index contributed by atoms with van der Waals surface area (Å²) in [5.41, 5.74) is 6.22. The number of carboxylic acid groups (broad SMARTS) is 1. The molecule has 4 N–H and O–H groups in total. The largest absolute Gasteiger partial charge is 0.478 e. The highest BCUT2D eigenvalue weighted by Gasteiger charge is 2.15. The maximum absolute atomic E-state index is 12.0. The monoisotopic (exact) mass is 306 g/mol. The molecule has 1 amide bonds. The van der Waals surface area contributed by atoms with Gasteiger partial charge in [-0.3, -0.25) is 10.1 Å². The fourth-order valence-electron chi connectivity index (χ4n) is 1.59. The molecule has 9 heteroatoms. The Morgan fingerprint density at radius 3 is 2.67 bits per heavy atom. The van der Waals surface area contributed by atoms with Crippen LogP contribution in [0, 0.1) is 11.8 Å². The van der Waals surface area contributed by atoms with E-state index in [-0.39, 0.29) is 26.9 Å². The minimum Gasteiger partial charge on any atom is -0.478 e. The molecule has 1 heterocycles. The van der Waals surface area contributed by atoms with Crippen molar-refractivity contribution in [1.29, 1.82) is 0 Å². The number of nitroso groups, excluding NO2 is 1. The summed E-state index contributed by atoms with van der Waals surface area (Å²) in [4.78, 5) is 37.3. The summed E-state index contributed by atoms with van der Waals surface area (Å²) in [6.07, 6.45) is 0. The van der Waals surface area contributed by atoms with Gasteiger partial charge < -0.3 is 10.8 Å². The van der Waals surface area contributed by atoms with Gasteiger partial charge in [0.25, 0.3) is 5.91 Å². The molecule has 2 aromatic rings. The number of thiazole rings is 1. The average Bonchev–Trinajstić information content (AvgIpc) is 2.78.